The highest BCUT2D eigenvalue weighted by Crippen LogP contribution is 2.29. The maximum absolute atomic E-state index is 12.5. The van der Waals surface area contributed by atoms with Crippen molar-refractivity contribution in [2.75, 3.05) is 13.2 Å². The first-order valence-corrected chi connectivity index (χ1v) is 9.09. The van der Waals surface area contributed by atoms with Gasteiger partial charge in [-0.25, -0.2) is 13.1 Å². The molecule has 4 nitrogen and oxygen atoms in total. The molecule has 0 aliphatic rings. The van der Waals surface area contributed by atoms with Crippen molar-refractivity contribution >= 4 is 10.0 Å². The van der Waals surface area contributed by atoms with Gasteiger partial charge >= 0.3 is 6.18 Å². The molecule has 0 radical (unpaired) electrons. The van der Waals surface area contributed by atoms with Gasteiger partial charge in [0.1, 0.15) is 5.75 Å². The molecular weight excluding hydrogens is 355 g/mol. The van der Waals surface area contributed by atoms with Gasteiger partial charge in [-0.2, -0.15) is 13.2 Å². The zero-order chi connectivity index (χ0) is 18.5. The maximum Gasteiger partial charge on any atom is 0.416 e. The molecule has 25 heavy (non-hydrogen) atoms. The summed E-state index contributed by atoms with van der Waals surface area (Å²) in [6.45, 7) is 2.39. The molecule has 0 saturated heterocycles. The Morgan fingerprint density at radius 1 is 1.00 bits per heavy atom. The van der Waals surface area contributed by atoms with Crippen LogP contribution in [0.2, 0.25) is 0 Å². The van der Waals surface area contributed by atoms with Crippen molar-refractivity contribution in [1.29, 1.82) is 0 Å². The third-order valence-electron chi connectivity index (χ3n) is 3.43. The third kappa shape index (κ3) is 5.47. The predicted octanol–water partition coefficient (Wildman–Crippen LogP) is 3.63. The van der Waals surface area contributed by atoms with Crippen LogP contribution in [0.5, 0.6) is 5.75 Å². The summed E-state index contributed by atoms with van der Waals surface area (Å²) in [6.07, 6.45) is -4.10. The van der Waals surface area contributed by atoms with E-state index in [-0.39, 0.29) is 17.9 Å². The van der Waals surface area contributed by atoms with Gasteiger partial charge in [0.15, 0.2) is 0 Å². The predicted molar refractivity (Wildman–Crippen MR) is 87.9 cm³/mol. The molecule has 2 aromatic carbocycles. The average Bonchev–Trinajstić information content (AvgIpc) is 2.55. The summed E-state index contributed by atoms with van der Waals surface area (Å²) in [5.74, 6) is 0.575. The normalized spacial score (nSPS) is 12.2. The molecule has 0 aliphatic carbocycles. The van der Waals surface area contributed by atoms with Gasteiger partial charge < -0.3 is 4.74 Å². The Hall–Kier alpha value is -2.06. The Morgan fingerprint density at radius 3 is 2.12 bits per heavy atom. The van der Waals surface area contributed by atoms with Crippen LogP contribution in [-0.2, 0) is 22.6 Å². The fourth-order valence-corrected chi connectivity index (χ4v) is 3.19. The lowest BCUT2D eigenvalue weighted by Crippen LogP contribution is -2.26. The van der Waals surface area contributed by atoms with Crippen molar-refractivity contribution in [3.05, 3.63) is 59.7 Å². The van der Waals surface area contributed by atoms with Gasteiger partial charge in [0.05, 0.1) is 17.1 Å². The molecule has 0 aliphatic heterocycles. The number of benzene rings is 2. The van der Waals surface area contributed by atoms with Crippen molar-refractivity contribution in [1.82, 2.24) is 4.72 Å². The first-order chi connectivity index (χ1) is 11.7. The number of sulfonamides is 1. The number of hydrogen-bond donors (Lipinski definition) is 1. The van der Waals surface area contributed by atoms with Crippen LogP contribution < -0.4 is 9.46 Å². The summed E-state index contributed by atoms with van der Waals surface area (Å²) in [7, 11) is -3.68. The van der Waals surface area contributed by atoms with Crippen LogP contribution in [0.1, 0.15) is 18.1 Å². The van der Waals surface area contributed by atoms with Crippen LogP contribution in [0.25, 0.3) is 0 Å². The summed E-state index contributed by atoms with van der Waals surface area (Å²) in [6, 6.07) is 10.6. The number of hydrogen-bond acceptors (Lipinski definition) is 3. The fourth-order valence-electron chi connectivity index (χ4n) is 2.16. The van der Waals surface area contributed by atoms with Crippen molar-refractivity contribution in [3.8, 4) is 5.75 Å². The first kappa shape index (κ1) is 19.3. The molecule has 0 spiro atoms. The lowest BCUT2D eigenvalue weighted by Gasteiger charge is -2.09. The number of ether oxygens (including phenoxy) is 1. The van der Waals surface area contributed by atoms with E-state index in [2.05, 4.69) is 4.72 Å². The van der Waals surface area contributed by atoms with E-state index in [0.717, 1.165) is 12.1 Å². The highest BCUT2D eigenvalue weighted by atomic mass is 32.2. The van der Waals surface area contributed by atoms with Crippen molar-refractivity contribution in [2.45, 2.75) is 24.4 Å². The third-order valence-corrected chi connectivity index (χ3v) is 4.91. The molecule has 1 N–H and O–H groups in total. The molecule has 0 aromatic heterocycles. The van der Waals surface area contributed by atoms with Crippen LogP contribution in [0, 0.1) is 0 Å². The zero-order valence-corrected chi connectivity index (χ0v) is 14.3. The van der Waals surface area contributed by atoms with Crippen LogP contribution in [0.3, 0.4) is 0 Å². The molecule has 8 heteroatoms. The Morgan fingerprint density at radius 2 is 1.60 bits per heavy atom. The van der Waals surface area contributed by atoms with Crippen molar-refractivity contribution in [2.24, 2.45) is 0 Å². The minimum absolute atomic E-state index is 0.0842. The molecule has 0 amide bonds. The van der Waals surface area contributed by atoms with E-state index in [0.29, 0.717) is 17.9 Å². The van der Waals surface area contributed by atoms with Gasteiger partial charge in [-0.15, -0.1) is 0 Å². The largest absolute Gasteiger partial charge is 0.494 e. The number of alkyl halides is 3. The monoisotopic (exact) mass is 373 g/mol. The van der Waals surface area contributed by atoms with Gasteiger partial charge in [0.25, 0.3) is 0 Å². The highest BCUT2D eigenvalue weighted by molar-refractivity contribution is 7.89. The Balaban J connectivity index is 1.93. The standard InChI is InChI=1S/C17H18F3NO3S/c1-2-24-15-7-9-16(10-8-15)25(22,23)21-12-11-13-3-5-14(6-4-13)17(18,19)20/h3-10,21H,2,11-12H2,1H3. The average molecular weight is 373 g/mol. The highest BCUT2D eigenvalue weighted by Gasteiger charge is 2.29. The van der Waals surface area contributed by atoms with E-state index in [1.54, 1.807) is 12.1 Å². The minimum Gasteiger partial charge on any atom is -0.494 e. The summed E-state index contributed by atoms with van der Waals surface area (Å²) < 4.78 is 69.5. The van der Waals surface area contributed by atoms with Gasteiger partial charge in [-0.05, 0) is 55.3 Å². The number of nitrogens with one attached hydrogen (secondary N) is 1. The quantitative estimate of drug-likeness (QED) is 0.806. The summed E-state index contributed by atoms with van der Waals surface area (Å²) in [5.41, 5.74) is -0.117. The second kappa shape index (κ2) is 7.88. The van der Waals surface area contributed by atoms with E-state index in [1.165, 1.54) is 24.3 Å². The molecule has 0 fully saturated rings. The summed E-state index contributed by atoms with van der Waals surface area (Å²) in [5, 5.41) is 0. The van der Waals surface area contributed by atoms with E-state index in [1.807, 2.05) is 6.92 Å². The first-order valence-electron chi connectivity index (χ1n) is 7.61. The van der Waals surface area contributed by atoms with Gasteiger partial charge in [-0.1, -0.05) is 12.1 Å². The number of rotatable bonds is 7. The summed E-state index contributed by atoms with van der Waals surface area (Å²) in [4.78, 5) is 0.100. The molecule has 2 rings (SSSR count). The number of halogens is 3. The fraction of sp³-hybridized carbons (Fsp3) is 0.294. The lowest BCUT2D eigenvalue weighted by molar-refractivity contribution is -0.137. The van der Waals surface area contributed by atoms with Crippen LogP contribution >= 0.6 is 0 Å². The zero-order valence-electron chi connectivity index (χ0n) is 13.5. The van der Waals surface area contributed by atoms with E-state index in [9.17, 15) is 21.6 Å². The molecule has 0 bridgehead atoms. The van der Waals surface area contributed by atoms with Crippen LogP contribution in [0.4, 0.5) is 13.2 Å². The topological polar surface area (TPSA) is 55.4 Å². The second-order valence-electron chi connectivity index (χ2n) is 5.25. The van der Waals surface area contributed by atoms with Gasteiger partial charge in [0, 0.05) is 6.54 Å². The van der Waals surface area contributed by atoms with Gasteiger partial charge in [0.2, 0.25) is 10.0 Å². The van der Waals surface area contributed by atoms with E-state index in [4.69, 9.17) is 4.74 Å². The Labute approximate surface area is 144 Å². The SMILES string of the molecule is CCOc1ccc(S(=O)(=O)NCCc2ccc(C(F)(F)F)cc2)cc1. The van der Waals surface area contributed by atoms with Crippen LogP contribution in [-0.4, -0.2) is 21.6 Å². The van der Waals surface area contributed by atoms with Gasteiger partial charge in [-0.3, -0.25) is 0 Å². The molecule has 136 valence electrons. The maximum atomic E-state index is 12.5. The molecule has 0 heterocycles. The van der Waals surface area contributed by atoms with E-state index < -0.39 is 21.8 Å². The minimum atomic E-state index is -4.38. The second-order valence-corrected chi connectivity index (χ2v) is 7.01. The molecule has 0 saturated carbocycles. The lowest BCUT2D eigenvalue weighted by atomic mass is 10.1. The van der Waals surface area contributed by atoms with E-state index >= 15 is 0 Å². The Bertz CT molecular complexity index is 785. The molecule has 0 unspecified atom stereocenters. The van der Waals surface area contributed by atoms with Crippen LogP contribution in [0.15, 0.2) is 53.4 Å². The van der Waals surface area contributed by atoms with Crippen molar-refractivity contribution in [3.63, 3.8) is 0 Å². The summed E-state index contributed by atoms with van der Waals surface area (Å²) >= 11 is 0. The smallest absolute Gasteiger partial charge is 0.416 e. The van der Waals surface area contributed by atoms with Crippen molar-refractivity contribution < 1.29 is 26.3 Å². The Kier molecular flexibility index (Phi) is 6.07. The molecular formula is C17H18F3NO3S. The molecule has 0 atom stereocenters. The molecule has 2 aromatic rings.